The fourth-order valence-corrected chi connectivity index (χ4v) is 3.31. The summed E-state index contributed by atoms with van der Waals surface area (Å²) in [5.74, 6) is -0.130. The van der Waals surface area contributed by atoms with Crippen LogP contribution in [0.2, 0.25) is 0 Å². The van der Waals surface area contributed by atoms with E-state index >= 15 is 0 Å². The lowest BCUT2D eigenvalue weighted by molar-refractivity contribution is -0.384. The lowest BCUT2D eigenvalue weighted by Crippen LogP contribution is -2.32. The molecular formula is C15H19BrN2O3. The maximum Gasteiger partial charge on any atom is 0.270 e. The van der Waals surface area contributed by atoms with Crippen molar-refractivity contribution in [1.82, 2.24) is 4.90 Å². The van der Waals surface area contributed by atoms with E-state index in [9.17, 15) is 14.9 Å². The minimum absolute atomic E-state index is 0.0574. The predicted molar refractivity (Wildman–Crippen MR) is 84.3 cm³/mol. The molecule has 1 heterocycles. The molecule has 0 N–H and O–H groups in total. The van der Waals surface area contributed by atoms with Gasteiger partial charge >= 0.3 is 0 Å². The third kappa shape index (κ3) is 3.10. The first-order valence-electron chi connectivity index (χ1n) is 7.15. The summed E-state index contributed by atoms with van der Waals surface area (Å²) < 4.78 is 0.601. The number of non-ortho nitro benzene ring substituents is 1. The van der Waals surface area contributed by atoms with Crippen molar-refractivity contribution in [2.24, 2.45) is 5.41 Å². The summed E-state index contributed by atoms with van der Waals surface area (Å²) in [6.45, 7) is 5.76. The minimum Gasteiger partial charge on any atom is -0.338 e. The number of likely N-dealkylation sites (tertiary alicyclic amines) is 1. The molecule has 0 unspecified atom stereocenters. The molecular weight excluding hydrogens is 336 g/mol. The maximum absolute atomic E-state index is 12.6. The van der Waals surface area contributed by atoms with Gasteiger partial charge in [-0.05, 0) is 46.7 Å². The third-order valence-corrected chi connectivity index (χ3v) is 5.31. The molecule has 1 amide bonds. The van der Waals surface area contributed by atoms with Gasteiger partial charge in [-0.2, -0.15) is 0 Å². The third-order valence-electron chi connectivity index (χ3n) is 4.62. The molecule has 21 heavy (non-hydrogen) atoms. The van der Waals surface area contributed by atoms with Gasteiger partial charge in [0.05, 0.1) is 10.5 Å². The maximum atomic E-state index is 12.6. The van der Waals surface area contributed by atoms with Crippen LogP contribution in [0, 0.1) is 15.5 Å². The van der Waals surface area contributed by atoms with Crippen LogP contribution in [-0.2, 0) is 0 Å². The molecule has 0 aliphatic carbocycles. The van der Waals surface area contributed by atoms with Crippen molar-refractivity contribution >= 4 is 27.5 Å². The average molecular weight is 355 g/mol. The van der Waals surface area contributed by atoms with Crippen molar-refractivity contribution in [2.45, 2.75) is 33.1 Å². The Kier molecular flexibility index (Phi) is 4.66. The van der Waals surface area contributed by atoms with Gasteiger partial charge in [-0.1, -0.05) is 13.8 Å². The largest absolute Gasteiger partial charge is 0.338 e. The lowest BCUT2D eigenvalue weighted by atomic mass is 9.82. The van der Waals surface area contributed by atoms with Crippen molar-refractivity contribution in [3.8, 4) is 0 Å². The SMILES string of the molecule is CCC1(CC)CCN(C(=O)c2cc([N+](=O)[O-])ccc2Br)C1. The predicted octanol–water partition coefficient (Wildman–Crippen LogP) is 4.01. The van der Waals surface area contributed by atoms with Crippen molar-refractivity contribution in [1.29, 1.82) is 0 Å². The van der Waals surface area contributed by atoms with Crippen LogP contribution < -0.4 is 0 Å². The number of amides is 1. The molecule has 1 aliphatic heterocycles. The fourth-order valence-electron chi connectivity index (χ4n) is 2.90. The van der Waals surface area contributed by atoms with E-state index in [1.807, 2.05) is 4.90 Å². The molecule has 0 bridgehead atoms. The zero-order valence-electron chi connectivity index (χ0n) is 12.3. The van der Waals surface area contributed by atoms with Crippen LogP contribution in [0.4, 0.5) is 5.69 Å². The van der Waals surface area contributed by atoms with Crippen LogP contribution >= 0.6 is 15.9 Å². The first kappa shape index (κ1) is 15.9. The van der Waals surface area contributed by atoms with Gasteiger partial charge in [0.1, 0.15) is 0 Å². The summed E-state index contributed by atoms with van der Waals surface area (Å²) >= 11 is 3.32. The van der Waals surface area contributed by atoms with Crippen LogP contribution in [0.3, 0.4) is 0 Å². The highest BCUT2D eigenvalue weighted by Gasteiger charge is 2.37. The van der Waals surface area contributed by atoms with E-state index in [2.05, 4.69) is 29.8 Å². The van der Waals surface area contributed by atoms with Gasteiger partial charge in [0.25, 0.3) is 11.6 Å². The van der Waals surface area contributed by atoms with Gasteiger partial charge in [0.15, 0.2) is 0 Å². The Morgan fingerprint density at radius 3 is 2.62 bits per heavy atom. The Hall–Kier alpha value is -1.43. The molecule has 0 atom stereocenters. The number of nitrogens with zero attached hydrogens (tertiary/aromatic N) is 2. The normalized spacial score (nSPS) is 17.0. The molecule has 1 aromatic carbocycles. The highest BCUT2D eigenvalue weighted by Crippen LogP contribution is 2.38. The quantitative estimate of drug-likeness (QED) is 0.606. The van der Waals surface area contributed by atoms with E-state index in [0.717, 1.165) is 32.4 Å². The topological polar surface area (TPSA) is 63.5 Å². The van der Waals surface area contributed by atoms with Crippen LogP contribution in [0.15, 0.2) is 22.7 Å². The van der Waals surface area contributed by atoms with E-state index in [1.165, 1.54) is 12.1 Å². The Morgan fingerprint density at radius 1 is 1.43 bits per heavy atom. The Labute approximate surface area is 132 Å². The van der Waals surface area contributed by atoms with Gasteiger partial charge < -0.3 is 4.90 Å². The second-order valence-electron chi connectivity index (χ2n) is 5.61. The summed E-state index contributed by atoms with van der Waals surface area (Å²) in [7, 11) is 0. The Bertz CT molecular complexity index is 570. The molecule has 1 aliphatic rings. The molecule has 0 saturated carbocycles. The number of rotatable bonds is 4. The first-order valence-corrected chi connectivity index (χ1v) is 7.95. The first-order chi connectivity index (χ1) is 9.92. The molecule has 6 heteroatoms. The fraction of sp³-hybridized carbons (Fsp3) is 0.533. The number of hydrogen-bond donors (Lipinski definition) is 0. The molecule has 5 nitrogen and oxygen atoms in total. The van der Waals surface area contributed by atoms with Crippen LogP contribution in [0.5, 0.6) is 0 Å². The van der Waals surface area contributed by atoms with Gasteiger partial charge in [-0.15, -0.1) is 0 Å². The smallest absolute Gasteiger partial charge is 0.270 e. The second kappa shape index (κ2) is 6.13. The van der Waals surface area contributed by atoms with Gasteiger partial charge in [0.2, 0.25) is 0 Å². The minimum atomic E-state index is -0.477. The lowest BCUT2D eigenvalue weighted by Gasteiger charge is -2.26. The molecule has 0 spiro atoms. The summed E-state index contributed by atoms with van der Waals surface area (Å²) in [4.78, 5) is 24.8. The van der Waals surface area contributed by atoms with Gasteiger partial charge in [0, 0.05) is 29.7 Å². The molecule has 1 aromatic rings. The summed E-state index contributed by atoms with van der Waals surface area (Å²) in [5, 5.41) is 10.9. The monoisotopic (exact) mass is 354 g/mol. The van der Waals surface area contributed by atoms with E-state index in [0.29, 0.717) is 10.0 Å². The van der Waals surface area contributed by atoms with Crippen molar-refractivity contribution < 1.29 is 9.72 Å². The molecule has 114 valence electrons. The van der Waals surface area contributed by atoms with E-state index in [4.69, 9.17) is 0 Å². The average Bonchev–Trinajstić information content (AvgIpc) is 2.92. The Balaban J connectivity index is 2.25. The van der Waals surface area contributed by atoms with Gasteiger partial charge in [-0.3, -0.25) is 14.9 Å². The van der Waals surface area contributed by atoms with Crippen molar-refractivity contribution in [3.05, 3.63) is 38.3 Å². The van der Waals surface area contributed by atoms with Crippen LogP contribution in [-0.4, -0.2) is 28.8 Å². The van der Waals surface area contributed by atoms with E-state index in [1.54, 1.807) is 6.07 Å². The molecule has 1 saturated heterocycles. The zero-order valence-corrected chi connectivity index (χ0v) is 13.9. The number of nitro benzene ring substituents is 1. The summed E-state index contributed by atoms with van der Waals surface area (Å²) in [6, 6.07) is 4.31. The van der Waals surface area contributed by atoms with E-state index in [-0.39, 0.29) is 17.0 Å². The van der Waals surface area contributed by atoms with Crippen LogP contribution in [0.25, 0.3) is 0 Å². The summed E-state index contributed by atoms with van der Waals surface area (Å²) in [6.07, 6.45) is 3.09. The van der Waals surface area contributed by atoms with Crippen molar-refractivity contribution in [2.75, 3.05) is 13.1 Å². The van der Waals surface area contributed by atoms with Crippen molar-refractivity contribution in [3.63, 3.8) is 0 Å². The molecule has 1 fully saturated rings. The van der Waals surface area contributed by atoms with Gasteiger partial charge in [-0.25, -0.2) is 0 Å². The Morgan fingerprint density at radius 2 is 2.10 bits per heavy atom. The molecule has 2 rings (SSSR count). The van der Waals surface area contributed by atoms with Crippen LogP contribution in [0.1, 0.15) is 43.5 Å². The number of hydrogen-bond acceptors (Lipinski definition) is 3. The second-order valence-corrected chi connectivity index (χ2v) is 6.46. The zero-order chi connectivity index (χ0) is 15.6. The highest BCUT2D eigenvalue weighted by atomic mass is 79.9. The van der Waals surface area contributed by atoms with E-state index < -0.39 is 4.92 Å². The summed E-state index contributed by atoms with van der Waals surface area (Å²) in [5.41, 5.74) is 0.508. The number of nitro groups is 1. The highest BCUT2D eigenvalue weighted by molar-refractivity contribution is 9.10. The molecule has 0 radical (unpaired) electrons. The molecule has 0 aromatic heterocycles. The standard InChI is InChI=1S/C15H19BrN2O3/c1-3-15(4-2)7-8-17(10-15)14(19)12-9-11(18(20)21)5-6-13(12)16/h5-6,9H,3-4,7-8,10H2,1-2H3. The number of carbonyl (C=O) groups is 1. The number of benzene rings is 1. The number of carbonyl (C=O) groups excluding carboxylic acids is 1. The number of halogens is 1.